The van der Waals surface area contributed by atoms with E-state index in [1.807, 2.05) is 12.1 Å². The first-order valence-electron chi connectivity index (χ1n) is 9.97. The molecule has 0 atom stereocenters. The number of aliphatic carboxylic acids is 2. The van der Waals surface area contributed by atoms with Gasteiger partial charge in [0, 0.05) is 13.2 Å². The lowest BCUT2D eigenvalue weighted by atomic mass is 9.97. The zero-order chi connectivity index (χ0) is 23.5. The Morgan fingerprint density at radius 3 is 2.12 bits per heavy atom. The van der Waals surface area contributed by atoms with E-state index in [0.717, 1.165) is 43.7 Å². The molecule has 32 heavy (non-hydrogen) atoms. The van der Waals surface area contributed by atoms with Crippen molar-refractivity contribution in [3.63, 3.8) is 0 Å². The van der Waals surface area contributed by atoms with Gasteiger partial charge in [0.1, 0.15) is 0 Å². The maximum Gasteiger partial charge on any atom is 0.414 e. The summed E-state index contributed by atoms with van der Waals surface area (Å²) >= 11 is 0. The maximum atomic E-state index is 13.3. The van der Waals surface area contributed by atoms with E-state index in [-0.39, 0.29) is 0 Å². The summed E-state index contributed by atoms with van der Waals surface area (Å²) in [6.45, 7) is 3.80. The van der Waals surface area contributed by atoms with Crippen LogP contribution in [0.2, 0.25) is 0 Å². The fourth-order valence-electron chi connectivity index (χ4n) is 3.23. The molecular formula is C23H24F2N2O5. The summed E-state index contributed by atoms with van der Waals surface area (Å²) < 4.78 is 32.1. The molecule has 1 aliphatic heterocycles. The molecule has 7 nitrogen and oxygen atoms in total. The van der Waals surface area contributed by atoms with Crippen molar-refractivity contribution in [3.05, 3.63) is 70.8 Å². The van der Waals surface area contributed by atoms with Crippen molar-refractivity contribution < 1.29 is 33.3 Å². The van der Waals surface area contributed by atoms with Crippen LogP contribution < -0.4 is 0 Å². The van der Waals surface area contributed by atoms with E-state index in [9.17, 15) is 8.78 Å². The van der Waals surface area contributed by atoms with Gasteiger partial charge in [0.05, 0.1) is 18.2 Å². The molecule has 3 rings (SSSR count). The highest BCUT2D eigenvalue weighted by atomic mass is 19.2. The van der Waals surface area contributed by atoms with Crippen LogP contribution >= 0.6 is 0 Å². The van der Waals surface area contributed by atoms with Crippen molar-refractivity contribution in [1.29, 1.82) is 5.26 Å². The number of carbonyl (C=O) groups is 2. The molecule has 0 amide bonds. The van der Waals surface area contributed by atoms with E-state index >= 15 is 0 Å². The quantitative estimate of drug-likeness (QED) is 0.654. The number of hydrogen-bond donors (Lipinski definition) is 2. The Morgan fingerprint density at radius 1 is 1.00 bits per heavy atom. The summed E-state index contributed by atoms with van der Waals surface area (Å²) in [5.41, 5.74) is 2.53. The molecule has 0 spiro atoms. The molecule has 0 bridgehead atoms. The number of carboxylic acid groups (broad SMARTS) is 2. The number of likely N-dealkylation sites (tertiary alicyclic amines) is 1. The van der Waals surface area contributed by atoms with Crippen LogP contribution in [0.4, 0.5) is 8.78 Å². The molecule has 0 saturated carbocycles. The molecule has 1 aliphatic rings. The number of ether oxygens (including phenoxy) is 1. The average Bonchev–Trinajstić information content (AvgIpc) is 2.78. The van der Waals surface area contributed by atoms with Gasteiger partial charge in [-0.3, -0.25) is 4.90 Å². The van der Waals surface area contributed by atoms with Crippen molar-refractivity contribution in [2.75, 3.05) is 19.7 Å². The molecule has 2 aromatic rings. The smallest absolute Gasteiger partial charge is 0.414 e. The van der Waals surface area contributed by atoms with E-state index in [1.54, 1.807) is 18.2 Å². The molecule has 0 unspecified atom stereocenters. The van der Waals surface area contributed by atoms with Gasteiger partial charge >= 0.3 is 11.9 Å². The van der Waals surface area contributed by atoms with Gasteiger partial charge in [0.2, 0.25) is 0 Å². The minimum absolute atomic E-state index is 0.523. The molecule has 1 saturated heterocycles. The van der Waals surface area contributed by atoms with Crippen LogP contribution in [-0.2, 0) is 27.5 Å². The van der Waals surface area contributed by atoms with E-state index in [4.69, 9.17) is 29.8 Å². The van der Waals surface area contributed by atoms with Gasteiger partial charge < -0.3 is 14.9 Å². The lowest BCUT2D eigenvalue weighted by molar-refractivity contribution is -0.159. The molecule has 0 aromatic heterocycles. The summed E-state index contributed by atoms with van der Waals surface area (Å²) in [5.74, 6) is -4.71. The standard InChI is InChI=1S/C21H22F2N2O.C2H2O4/c22-20-6-5-19(11-21(20)23)13-25-9-7-18(8-10-25)15-26-14-17-3-1-16(12-24)2-4-17;3-1(4)2(5)6/h1-6,11,18H,7-10,13-15H2;(H,3,4)(H,5,6). The van der Waals surface area contributed by atoms with Crippen LogP contribution in [-0.4, -0.2) is 46.7 Å². The zero-order valence-corrected chi connectivity index (χ0v) is 17.3. The van der Waals surface area contributed by atoms with Crippen LogP contribution in [0.1, 0.15) is 29.5 Å². The number of carboxylic acids is 2. The molecule has 1 fully saturated rings. The normalized spacial score (nSPS) is 14.2. The summed E-state index contributed by atoms with van der Waals surface area (Å²) in [7, 11) is 0. The maximum absolute atomic E-state index is 13.3. The second kappa shape index (κ2) is 12.5. The molecule has 2 aromatic carbocycles. The first kappa shape index (κ1) is 24.9. The Labute approximate surface area is 184 Å². The van der Waals surface area contributed by atoms with E-state index in [1.165, 1.54) is 12.1 Å². The SMILES string of the molecule is N#Cc1ccc(COCC2CCN(Cc3ccc(F)c(F)c3)CC2)cc1.O=C(O)C(=O)O. The van der Waals surface area contributed by atoms with Crippen molar-refractivity contribution in [2.45, 2.75) is 26.0 Å². The van der Waals surface area contributed by atoms with E-state index in [2.05, 4.69) is 11.0 Å². The van der Waals surface area contributed by atoms with E-state index < -0.39 is 23.6 Å². The largest absolute Gasteiger partial charge is 0.473 e. The average molecular weight is 446 g/mol. The lowest BCUT2D eigenvalue weighted by Gasteiger charge is -2.31. The monoisotopic (exact) mass is 446 g/mol. The highest BCUT2D eigenvalue weighted by Gasteiger charge is 2.19. The number of rotatable bonds is 6. The van der Waals surface area contributed by atoms with Gasteiger partial charge in [-0.2, -0.15) is 5.26 Å². The summed E-state index contributed by atoms with van der Waals surface area (Å²) in [6, 6.07) is 13.7. The van der Waals surface area contributed by atoms with Crippen LogP contribution in [0.3, 0.4) is 0 Å². The number of halogens is 2. The van der Waals surface area contributed by atoms with Gasteiger partial charge in [-0.15, -0.1) is 0 Å². The fourth-order valence-corrected chi connectivity index (χ4v) is 3.23. The predicted molar refractivity (Wildman–Crippen MR) is 110 cm³/mol. The van der Waals surface area contributed by atoms with Gasteiger partial charge in [-0.1, -0.05) is 18.2 Å². The van der Waals surface area contributed by atoms with Crippen molar-refractivity contribution in [1.82, 2.24) is 4.90 Å². The van der Waals surface area contributed by atoms with Crippen molar-refractivity contribution >= 4 is 11.9 Å². The number of hydrogen-bond acceptors (Lipinski definition) is 5. The van der Waals surface area contributed by atoms with Gasteiger partial charge in [-0.25, -0.2) is 18.4 Å². The second-order valence-electron chi connectivity index (χ2n) is 7.40. The highest BCUT2D eigenvalue weighted by Crippen LogP contribution is 2.20. The van der Waals surface area contributed by atoms with Gasteiger partial charge in [-0.05, 0) is 67.2 Å². The molecule has 0 radical (unpaired) electrons. The third kappa shape index (κ3) is 8.41. The number of nitriles is 1. The molecule has 0 aliphatic carbocycles. The predicted octanol–water partition coefficient (Wildman–Crippen LogP) is 3.42. The lowest BCUT2D eigenvalue weighted by Crippen LogP contribution is -2.34. The van der Waals surface area contributed by atoms with Crippen LogP contribution in [0.15, 0.2) is 42.5 Å². The van der Waals surface area contributed by atoms with Gasteiger partial charge in [0.15, 0.2) is 11.6 Å². The third-order valence-corrected chi connectivity index (χ3v) is 4.99. The van der Waals surface area contributed by atoms with Crippen LogP contribution in [0.5, 0.6) is 0 Å². The Balaban J connectivity index is 0.000000534. The van der Waals surface area contributed by atoms with Gasteiger partial charge in [0.25, 0.3) is 0 Å². The third-order valence-electron chi connectivity index (χ3n) is 4.99. The summed E-state index contributed by atoms with van der Waals surface area (Å²) in [6.07, 6.45) is 2.08. The Kier molecular flexibility index (Phi) is 9.73. The highest BCUT2D eigenvalue weighted by molar-refractivity contribution is 6.27. The number of nitrogens with zero attached hydrogens (tertiary/aromatic N) is 2. The zero-order valence-electron chi connectivity index (χ0n) is 17.3. The topological polar surface area (TPSA) is 111 Å². The second-order valence-corrected chi connectivity index (χ2v) is 7.40. The first-order chi connectivity index (χ1) is 15.3. The number of piperidine rings is 1. The Bertz CT molecular complexity index is 940. The van der Waals surface area contributed by atoms with Crippen molar-refractivity contribution in [2.24, 2.45) is 5.92 Å². The van der Waals surface area contributed by atoms with Crippen LogP contribution in [0.25, 0.3) is 0 Å². The van der Waals surface area contributed by atoms with Crippen LogP contribution in [0, 0.1) is 28.9 Å². The minimum atomic E-state index is -1.82. The first-order valence-corrected chi connectivity index (χ1v) is 9.97. The minimum Gasteiger partial charge on any atom is -0.473 e. The Morgan fingerprint density at radius 2 is 1.59 bits per heavy atom. The number of benzene rings is 2. The molecule has 170 valence electrons. The van der Waals surface area contributed by atoms with E-state index in [0.29, 0.717) is 24.6 Å². The molecule has 9 heteroatoms. The summed E-state index contributed by atoms with van der Waals surface area (Å²) in [4.78, 5) is 20.5. The van der Waals surface area contributed by atoms with Crippen molar-refractivity contribution in [3.8, 4) is 6.07 Å². The fraction of sp³-hybridized carbons (Fsp3) is 0.348. The molecular weight excluding hydrogens is 422 g/mol. The molecule has 1 heterocycles. The molecule has 2 N–H and O–H groups in total. The Hall–Kier alpha value is -3.35. The summed E-state index contributed by atoms with van der Waals surface area (Å²) in [5, 5.41) is 23.6.